The quantitative estimate of drug-likeness (QED) is 0.588. The Kier molecular flexibility index (Phi) is 5.67. The summed E-state index contributed by atoms with van der Waals surface area (Å²) in [5.41, 5.74) is 0.348. The summed E-state index contributed by atoms with van der Waals surface area (Å²) < 4.78 is 5.48. The summed E-state index contributed by atoms with van der Waals surface area (Å²) in [4.78, 5) is 0. The van der Waals surface area contributed by atoms with E-state index in [4.69, 9.17) is 26.4 Å². The molecular weight excluding hydrogens is 226 g/mol. The van der Waals surface area contributed by atoms with E-state index in [-0.39, 0.29) is 0 Å². The fourth-order valence-corrected chi connectivity index (χ4v) is 1.54. The zero-order chi connectivity index (χ0) is 12.0. The Morgan fingerprint density at radius 3 is 2.69 bits per heavy atom. The minimum absolute atomic E-state index is 0.348. The second kappa shape index (κ2) is 6.79. The lowest BCUT2D eigenvalue weighted by Crippen LogP contribution is -2.31. The molecule has 2 N–H and O–H groups in total. The van der Waals surface area contributed by atoms with E-state index in [0.29, 0.717) is 22.8 Å². The number of benzene rings is 1. The Morgan fingerprint density at radius 1 is 1.31 bits per heavy atom. The van der Waals surface area contributed by atoms with Crippen LogP contribution in [0.2, 0.25) is 5.02 Å². The summed E-state index contributed by atoms with van der Waals surface area (Å²) in [6.45, 7) is 2.68. The lowest BCUT2D eigenvalue weighted by molar-refractivity contribution is 0.307. The van der Waals surface area contributed by atoms with Gasteiger partial charge in [-0.05, 0) is 18.6 Å². The molecule has 3 nitrogen and oxygen atoms in total. The SMILES string of the molecule is CCCCCOc1cc(Cl)ccc1B(O)O. The molecule has 0 unspecified atom stereocenters. The first-order valence-electron chi connectivity index (χ1n) is 5.43. The third kappa shape index (κ3) is 4.04. The van der Waals surface area contributed by atoms with Crippen LogP contribution in [0.4, 0.5) is 0 Å². The first kappa shape index (κ1) is 13.4. The highest BCUT2D eigenvalue weighted by Crippen LogP contribution is 2.16. The second-order valence-corrected chi connectivity index (χ2v) is 4.05. The van der Waals surface area contributed by atoms with Gasteiger partial charge in [0.2, 0.25) is 0 Å². The predicted molar refractivity (Wildman–Crippen MR) is 66.3 cm³/mol. The molecule has 0 aliphatic rings. The van der Waals surface area contributed by atoms with Crippen molar-refractivity contribution in [3.05, 3.63) is 23.2 Å². The van der Waals surface area contributed by atoms with Gasteiger partial charge in [0.05, 0.1) is 6.61 Å². The Morgan fingerprint density at radius 2 is 2.06 bits per heavy atom. The van der Waals surface area contributed by atoms with E-state index >= 15 is 0 Å². The number of unbranched alkanes of at least 4 members (excludes halogenated alkanes) is 2. The van der Waals surface area contributed by atoms with Gasteiger partial charge in [-0.3, -0.25) is 0 Å². The molecule has 0 aromatic heterocycles. The van der Waals surface area contributed by atoms with E-state index in [1.165, 1.54) is 0 Å². The van der Waals surface area contributed by atoms with Crippen LogP contribution < -0.4 is 10.2 Å². The summed E-state index contributed by atoms with van der Waals surface area (Å²) in [5.74, 6) is 0.443. The number of hydrogen-bond acceptors (Lipinski definition) is 3. The smallest absolute Gasteiger partial charge is 0.492 e. The van der Waals surface area contributed by atoms with E-state index in [9.17, 15) is 0 Å². The fraction of sp³-hybridized carbons (Fsp3) is 0.455. The summed E-state index contributed by atoms with van der Waals surface area (Å²) >= 11 is 5.82. The average Bonchev–Trinajstić information content (AvgIpc) is 2.24. The first-order valence-corrected chi connectivity index (χ1v) is 5.81. The minimum atomic E-state index is -1.53. The molecule has 0 spiro atoms. The normalized spacial score (nSPS) is 10.2. The first-order chi connectivity index (χ1) is 7.65. The van der Waals surface area contributed by atoms with E-state index in [1.807, 2.05) is 0 Å². The fourth-order valence-electron chi connectivity index (χ4n) is 1.38. The van der Waals surface area contributed by atoms with Crippen LogP contribution in [0.3, 0.4) is 0 Å². The van der Waals surface area contributed by atoms with E-state index in [2.05, 4.69) is 6.92 Å². The molecule has 0 radical (unpaired) electrons. The van der Waals surface area contributed by atoms with E-state index in [1.54, 1.807) is 18.2 Å². The van der Waals surface area contributed by atoms with Gasteiger partial charge in [0.25, 0.3) is 0 Å². The summed E-state index contributed by atoms with van der Waals surface area (Å²) in [5, 5.41) is 18.8. The van der Waals surface area contributed by atoms with Crippen LogP contribution in [0.1, 0.15) is 26.2 Å². The van der Waals surface area contributed by atoms with Crippen LogP contribution >= 0.6 is 11.6 Å². The Hall–Kier alpha value is -0.705. The third-order valence-electron chi connectivity index (χ3n) is 2.26. The molecule has 5 heteroatoms. The van der Waals surface area contributed by atoms with Gasteiger partial charge < -0.3 is 14.8 Å². The van der Waals surface area contributed by atoms with Gasteiger partial charge in [0.1, 0.15) is 5.75 Å². The molecule has 0 aliphatic heterocycles. The van der Waals surface area contributed by atoms with E-state index < -0.39 is 7.12 Å². The molecular formula is C11H16BClO3. The summed E-state index contributed by atoms with van der Waals surface area (Å²) in [6, 6.07) is 4.76. The van der Waals surface area contributed by atoms with Crippen molar-refractivity contribution in [1.29, 1.82) is 0 Å². The number of hydrogen-bond donors (Lipinski definition) is 2. The minimum Gasteiger partial charge on any atom is -0.494 e. The molecule has 0 atom stereocenters. The lowest BCUT2D eigenvalue weighted by atomic mass is 9.79. The topological polar surface area (TPSA) is 49.7 Å². The molecule has 16 heavy (non-hydrogen) atoms. The molecule has 1 aromatic carbocycles. The van der Waals surface area contributed by atoms with Crippen molar-refractivity contribution in [2.24, 2.45) is 0 Å². The maximum Gasteiger partial charge on any atom is 0.492 e. The van der Waals surface area contributed by atoms with Gasteiger partial charge in [-0.1, -0.05) is 37.4 Å². The standard InChI is InChI=1S/C11H16BClO3/c1-2-3-4-7-16-11-8-9(13)5-6-10(11)12(14)15/h5-6,8,14-15H,2-4,7H2,1H3. The van der Waals surface area contributed by atoms with E-state index in [0.717, 1.165) is 19.3 Å². The largest absolute Gasteiger partial charge is 0.494 e. The van der Waals surface area contributed by atoms with Crippen molar-refractivity contribution in [2.75, 3.05) is 6.61 Å². The van der Waals surface area contributed by atoms with Gasteiger partial charge in [-0.15, -0.1) is 0 Å². The molecule has 1 aromatic rings. The molecule has 0 bridgehead atoms. The predicted octanol–water partition coefficient (Wildman–Crippen LogP) is 1.59. The lowest BCUT2D eigenvalue weighted by Gasteiger charge is -2.11. The second-order valence-electron chi connectivity index (χ2n) is 3.61. The highest BCUT2D eigenvalue weighted by Gasteiger charge is 2.17. The molecule has 0 amide bonds. The number of halogens is 1. The van der Waals surface area contributed by atoms with Crippen molar-refractivity contribution in [2.45, 2.75) is 26.2 Å². The van der Waals surface area contributed by atoms with Crippen molar-refractivity contribution in [3.8, 4) is 5.75 Å². The van der Waals surface area contributed by atoms with Crippen molar-refractivity contribution < 1.29 is 14.8 Å². The van der Waals surface area contributed by atoms with Crippen molar-refractivity contribution >= 4 is 24.2 Å². The molecule has 0 heterocycles. The summed E-state index contributed by atoms with van der Waals surface area (Å²) in [6.07, 6.45) is 3.16. The average molecular weight is 243 g/mol. The maximum absolute atomic E-state index is 9.13. The van der Waals surface area contributed by atoms with Crippen molar-refractivity contribution in [3.63, 3.8) is 0 Å². The van der Waals surface area contributed by atoms with Crippen molar-refractivity contribution in [1.82, 2.24) is 0 Å². The molecule has 1 rings (SSSR count). The molecule has 0 fully saturated rings. The molecule has 0 aliphatic carbocycles. The molecule has 0 saturated heterocycles. The van der Waals surface area contributed by atoms with Gasteiger partial charge in [-0.25, -0.2) is 0 Å². The maximum atomic E-state index is 9.13. The van der Waals surface area contributed by atoms with Gasteiger partial charge in [0, 0.05) is 10.5 Å². The zero-order valence-electron chi connectivity index (χ0n) is 9.32. The Balaban J connectivity index is 2.65. The molecule has 0 saturated carbocycles. The highest BCUT2D eigenvalue weighted by molar-refractivity contribution is 6.59. The van der Waals surface area contributed by atoms with Crippen LogP contribution in [0.25, 0.3) is 0 Å². The highest BCUT2D eigenvalue weighted by atomic mass is 35.5. The monoisotopic (exact) mass is 242 g/mol. The summed E-state index contributed by atoms with van der Waals surface area (Å²) in [7, 11) is -1.53. The number of ether oxygens (including phenoxy) is 1. The zero-order valence-corrected chi connectivity index (χ0v) is 10.1. The van der Waals surface area contributed by atoms with Crippen LogP contribution in [0.5, 0.6) is 5.75 Å². The van der Waals surface area contributed by atoms with Gasteiger partial charge in [0.15, 0.2) is 0 Å². The molecule has 88 valence electrons. The van der Waals surface area contributed by atoms with Gasteiger partial charge in [-0.2, -0.15) is 0 Å². The Bertz CT molecular complexity index is 331. The van der Waals surface area contributed by atoms with Gasteiger partial charge >= 0.3 is 7.12 Å². The van der Waals surface area contributed by atoms with Crippen LogP contribution in [-0.2, 0) is 0 Å². The third-order valence-corrected chi connectivity index (χ3v) is 2.49. The van der Waals surface area contributed by atoms with Crippen LogP contribution in [-0.4, -0.2) is 23.8 Å². The number of rotatable bonds is 6. The van der Waals surface area contributed by atoms with Crippen LogP contribution in [0.15, 0.2) is 18.2 Å². The Labute approximate surface area is 101 Å². The van der Waals surface area contributed by atoms with Crippen LogP contribution in [0, 0.1) is 0 Å².